The van der Waals surface area contributed by atoms with Crippen LogP contribution in [0.3, 0.4) is 0 Å². The topological polar surface area (TPSA) is 67.2 Å². The van der Waals surface area contributed by atoms with Gasteiger partial charge in [0.25, 0.3) is 5.91 Å². The number of hydrogen-bond donors (Lipinski definition) is 1. The van der Waals surface area contributed by atoms with Gasteiger partial charge in [0, 0.05) is 12.2 Å². The molecule has 0 unspecified atom stereocenters. The van der Waals surface area contributed by atoms with Crippen LogP contribution in [0.5, 0.6) is 0 Å². The average molecular weight is 326 g/mol. The Morgan fingerprint density at radius 1 is 1.17 bits per heavy atom. The maximum atomic E-state index is 12.5. The predicted octanol–water partition coefficient (Wildman–Crippen LogP) is 2.52. The first-order chi connectivity index (χ1) is 11.5. The van der Waals surface area contributed by atoms with Gasteiger partial charge in [0.05, 0.1) is 12.2 Å². The van der Waals surface area contributed by atoms with Crippen molar-refractivity contribution in [1.82, 2.24) is 20.0 Å². The van der Waals surface area contributed by atoms with E-state index in [1.165, 1.54) is 4.90 Å². The van der Waals surface area contributed by atoms with E-state index in [4.69, 9.17) is 0 Å². The van der Waals surface area contributed by atoms with E-state index in [0.717, 1.165) is 17.7 Å². The number of carbonyl (C=O) groups excluding carboxylic acids is 2. The number of hydrogen-bond acceptors (Lipinski definition) is 3. The Balaban J connectivity index is 1.61. The second kappa shape index (κ2) is 6.86. The summed E-state index contributed by atoms with van der Waals surface area (Å²) in [5.41, 5.74) is 1.88. The summed E-state index contributed by atoms with van der Waals surface area (Å²) in [7, 11) is 0. The zero-order chi connectivity index (χ0) is 17.1. The lowest BCUT2D eigenvalue weighted by Gasteiger charge is -2.11. The van der Waals surface area contributed by atoms with Crippen molar-refractivity contribution < 1.29 is 9.59 Å². The molecule has 1 saturated heterocycles. The lowest BCUT2D eigenvalue weighted by molar-refractivity contribution is -0.128. The maximum Gasteiger partial charge on any atom is 0.325 e. The number of nitrogens with zero attached hydrogens (tertiary/aromatic N) is 3. The molecule has 2 heterocycles. The largest absolute Gasteiger partial charge is 0.326 e. The lowest BCUT2D eigenvalue weighted by Crippen LogP contribution is -2.31. The molecule has 3 rings (SSSR count). The van der Waals surface area contributed by atoms with Crippen LogP contribution in [0.15, 0.2) is 42.6 Å². The van der Waals surface area contributed by atoms with Gasteiger partial charge in [-0.1, -0.05) is 30.3 Å². The Hall–Kier alpha value is -2.63. The second-order valence-electron chi connectivity index (χ2n) is 6.33. The molecule has 1 N–H and O–H groups in total. The summed E-state index contributed by atoms with van der Waals surface area (Å²) in [6, 6.07) is 11.3. The Kier molecular flexibility index (Phi) is 4.64. The monoisotopic (exact) mass is 326 g/mol. The van der Waals surface area contributed by atoms with Gasteiger partial charge in [-0.3, -0.25) is 14.4 Å². The molecule has 1 aromatic heterocycles. The third kappa shape index (κ3) is 3.48. The minimum atomic E-state index is -0.454. The molecule has 1 aliphatic heterocycles. The summed E-state index contributed by atoms with van der Waals surface area (Å²) in [5.74, 6) is -0.171. The van der Waals surface area contributed by atoms with Crippen molar-refractivity contribution in [3.8, 4) is 0 Å². The maximum absolute atomic E-state index is 12.5. The fourth-order valence-corrected chi connectivity index (χ4v) is 2.79. The molecular formula is C18H22N4O2. The number of aromatic nitrogens is 2. The van der Waals surface area contributed by atoms with Crippen molar-refractivity contribution >= 4 is 11.9 Å². The van der Waals surface area contributed by atoms with Crippen molar-refractivity contribution in [1.29, 1.82) is 0 Å². The average Bonchev–Trinajstić information content (AvgIpc) is 3.14. The first-order valence-electron chi connectivity index (χ1n) is 8.24. The molecule has 6 heteroatoms. The van der Waals surface area contributed by atoms with Crippen LogP contribution in [0.1, 0.15) is 37.6 Å². The highest BCUT2D eigenvalue weighted by Gasteiger charge is 2.37. The zero-order valence-corrected chi connectivity index (χ0v) is 14.0. The summed E-state index contributed by atoms with van der Waals surface area (Å²) in [6.45, 7) is 4.28. The number of imide groups is 1. The van der Waals surface area contributed by atoms with E-state index < -0.39 is 6.04 Å². The summed E-state index contributed by atoms with van der Waals surface area (Å²) >= 11 is 0. The van der Waals surface area contributed by atoms with Gasteiger partial charge < -0.3 is 5.32 Å². The van der Waals surface area contributed by atoms with Crippen LogP contribution in [-0.2, 0) is 17.8 Å². The number of nitrogens with one attached hydrogen (secondary N) is 1. The van der Waals surface area contributed by atoms with E-state index in [1.54, 1.807) is 0 Å². The summed E-state index contributed by atoms with van der Waals surface area (Å²) < 4.78 is 1.82. The standard InChI is InChI=1S/C18H22N4O2/c1-13(2)22-11-10-15(20-22)12-21-17(23)16(19-18(21)24)9-8-14-6-4-3-5-7-14/h3-7,10-11,13,16H,8-9,12H2,1-2H3,(H,19,24)/t16-/m0/s1. The second-order valence-corrected chi connectivity index (χ2v) is 6.33. The third-order valence-corrected chi connectivity index (χ3v) is 4.18. The lowest BCUT2D eigenvalue weighted by atomic mass is 10.1. The van der Waals surface area contributed by atoms with Crippen molar-refractivity contribution in [2.24, 2.45) is 0 Å². The molecule has 0 spiro atoms. The van der Waals surface area contributed by atoms with Gasteiger partial charge in [0.1, 0.15) is 6.04 Å². The highest BCUT2D eigenvalue weighted by molar-refractivity contribution is 6.04. The molecule has 3 amide bonds. The highest BCUT2D eigenvalue weighted by atomic mass is 16.2. The van der Waals surface area contributed by atoms with Crippen LogP contribution in [0.25, 0.3) is 0 Å². The predicted molar refractivity (Wildman–Crippen MR) is 90.2 cm³/mol. The molecular weight excluding hydrogens is 304 g/mol. The van der Waals surface area contributed by atoms with Crippen LogP contribution >= 0.6 is 0 Å². The van der Waals surface area contributed by atoms with Crippen molar-refractivity contribution in [2.45, 2.75) is 45.3 Å². The third-order valence-electron chi connectivity index (χ3n) is 4.18. The summed E-state index contributed by atoms with van der Waals surface area (Å²) in [6.07, 6.45) is 3.23. The smallest absolute Gasteiger partial charge is 0.325 e. The molecule has 1 aromatic carbocycles. The van der Waals surface area contributed by atoms with Gasteiger partial charge in [0.2, 0.25) is 0 Å². The molecule has 0 radical (unpaired) electrons. The quantitative estimate of drug-likeness (QED) is 0.830. The molecule has 2 aromatic rings. The zero-order valence-electron chi connectivity index (χ0n) is 14.0. The molecule has 24 heavy (non-hydrogen) atoms. The van der Waals surface area contributed by atoms with E-state index in [1.807, 2.05) is 61.1 Å². The van der Waals surface area contributed by atoms with Crippen molar-refractivity contribution in [3.63, 3.8) is 0 Å². The first-order valence-corrected chi connectivity index (χ1v) is 8.24. The number of aryl methyl sites for hydroxylation is 1. The van der Waals surface area contributed by atoms with Crippen LogP contribution in [0.4, 0.5) is 4.79 Å². The van der Waals surface area contributed by atoms with E-state index in [2.05, 4.69) is 10.4 Å². The van der Waals surface area contributed by atoms with Crippen molar-refractivity contribution in [3.05, 3.63) is 53.9 Å². The SMILES string of the molecule is CC(C)n1ccc(CN2C(=O)N[C@@H](CCc3ccccc3)C2=O)n1. The number of amides is 3. The number of carbonyl (C=O) groups is 2. The molecule has 0 aliphatic carbocycles. The Bertz CT molecular complexity index is 724. The van der Waals surface area contributed by atoms with Crippen LogP contribution in [0.2, 0.25) is 0 Å². The first kappa shape index (κ1) is 16.2. The number of urea groups is 1. The fourth-order valence-electron chi connectivity index (χ4n) is 2.79. The number of rotatable bonds is 6. The Morgan fingerprint density at radius 3 is 2.58 bits per heavy atom. The molecule has 1 atom stereocenters. The molecule has 0 saturated carbocycles. The van der Waals surface area contributed by atoms with E-state index in [0.29, 0.717) is 6.42 Å². The van der Waals surface area contributed by atoms with Gasteiger partial charge in [-0.05, 0) is 38.3 Å². The number of benzene rings is 1. The summed E-state index contributed by atoms with van der Waals surface area (Å²) in [4.78, 5) is 25.9. The molecule has 126 valence electrons. The van der Waals surface area contributed by atoms with Crippen molar-refractivity contribution in [2.75, 3.05) is 0 Å². The van der Waals surface area contributed by atoms with Crippen LogP contribution in [-0.4, -0.2) is 32.7 Å². The van der Waals surface area contributed by atoms with Gasteiger partial charge in [0.15, 0.2) is 0 Å². The van der Waals surface area contributed by atoms with E-state index in [9.17, 15) is 9.59 Å². The molecule has 0 bridgehead atoms. The fraction of sp³-hybridized carbons (Fsp3) is 0.389. The normalized spacial score (nSPS) is 17.6. The minimum absolute atomic E-state index is 0.171. The Labute approximate surface area is 141 Å². The minimum Gasteiger partial charge on any atom is -0.326 e. The van der Waals surface area contributed by atoms with Gasteiger partial charge in [-0.25, -0.2) is 4.79 Å². The van der Waals surface area contributed by atoms with Crippen LogP contribution < -0.4 is 5.32 Å². The van der Waals surface area contributed by atoms with E-state index in [-0.39, 0.29) is 24.5 Å². The molecule has 1 aliphatic rings. The molecule has 1 fully saturated rings. The van der Waals surface area contributed by atoms with Gasteiger partial charge in [-0.2, -0.15) is 5.10 Å². The highest BCUT2D eigenvalue weighted by Crippen LogP contribution is 2.16. The Morgan fingerprint density at radius 2 is 1.92 bits per heavy atom. The molecule has 6 nitrogen and oxygen atoms in total. The van der Waals surface area contributed by atoms with Gasteiger partial charge in [-0.15, -0.1) is 0 Å². The van der Waals surface area contributed by atoms with Crippen LogP contribution in [0, 0.1) is 0 Å². The van der Waals surface area contributed by atoms with E-state index >= 15 is 0 Å². The summed E-state index contributed by atoms with van der Waals surface area (Å²) in [5, 5.41) is 7.18. The van der Waals surface area contributed by atoms with Gasteiger partial charge >= 0.3 is 6.03 Å².